The highest BCUT2D eigenvalue weighted by molar-refractivity contribution is 5.74. The number of pyridine rings is 1. The molecule has 0 radical (unpaired) electrons. The first-order chi connectivity index (χ1) is 14.2. The van der Waals surface area contributed by atoms with E-state index in [1.807, 2.05) is 29.2 Å². The van der Waals surface area contributed by atoms with Gasteiger partial charge >= 0.3 is 0 Å². The summed E-state index contributed by atoms with van der Waals surface area (Å²) in [4.78, 5) is 27.8. The predicted molar refractivity (Wildman–Crippen MR) is 113 cm³/mol. The molecule has 1 aliphatic rings. The molecule has 0 spiro atoms. The minimum Gasteiger partial charge on any atom is -0.363 e. The number of hydrogen-bond donors (Lipinski definition) is 1. The van der Waals surface area contributed by atoms with Crippen LogP contribution in [0, 0.1) is 0 Å². The molecule has 1 amide bonds. The van der Waals surface area contributed by atoms with Gasteiger partial charge in [0.1, 0.15) is 11.5 Å². The monoisotopic (exact) mass is 387 g/mol. The molecular formula is C23H25N5O. The van der Waals surface area contributed by atoms with Gasteiger partial charge in [-0.05, 0) is 30.5 Å². The van der Waals surface area contributed by atoms with E-state index in [-0.39, 0.29) is 11.9 Å². The third-order valence-electron chi connectivity index (χ3n) is 5.33. The Labute approximate surface area is 171 Å². The number of carbonyl (C=O) groups is 1. The third-order valence-corrected chi connectivity index (χ3v) is 5.33. The highest BCUT2D eigenvalue weighted by atomic mass is 16.2. The third kappa shape index (κ3) is 4.11. The molecule has 6 heteroatoms. The van der Waals surface area contributed by atoms with Gasteiger partial charge in [0.25, 0.3) is 0 Å². The van der Waals surface area contributed by atoms with Crippen LogP contribution in [0.3, 0.4) is 0 Å². The number of anilines is 1. The van der Waals surface area contributed by atoms with Crippen molar-refractivity contribution in [3.8, 4) is 11.5 Å². The van der Waals surface area contributed by atoms with Crippen molar-refractivity contribution in [1.82, 2.24) is 19.9 Å². The second kappa shape index (κ2) is 8.39. The minimum atomic E-state index is 0.0684. The van der Waals surface area contributed by atoms with Gasteiger partial charge in [0.05, 0.1) is 18.3 Å². The predicted octanol–water partition coefficient (Wildman–Crippen LogP) is 4.01. The number of nitrogens with one attached hydrogen (secondary N) is 1. The van der Waals surface area contributed by atoms with Gasteiger partial charge in [-0.2, -0.15) is 0 Å². The minimum absolute atomic E-state index is 0.0684. The van der Waals surface area contributed by atoms with Gasteiger partial charge in [-0.25, -0.2) is 9.97 Å². The second-order valence-corrected chi connectivity index (χ2v) is 7.24. The summed E-state index contributed by atoms with van der Waals surface area (Å²) in [7, 11) is 0. The Hall–Kier alpha value is -3.28. The number of aromatic nitrogens is 3. The summed E-state index contributed by atoms with van der Waals surface area (Å²) in [5, 5.41) is 3.64. The highest BCUT2D eigenvalue weighted by Crippen LogP contribution is 2.30. The quantitative estimate of drug-likeness (QED) is 0.716. The van der Waals surface area contributed by atoms with Crippen molar-refractivity contribution in [2.45, 2.75) is 39.3 Å². The van der Waals surface area contributed by atoms with Crippen LogP contribution in [0.25, 0.3) is 11.5 Å². The first-order valence-corrected chi connectivity index (χ1v) is 10.0. The molecule has 0 aliphatic carbocycles. The molecule has 1 N–H and O–H groups in total. The van der Waals surface area contributed by atoms with E-state index in [9.17, 15) is 4.79 Å². The molecule has 0 unspecified atom stereocenters. The molecule has 29 heavy (non-hydrogen) atoms. The van der Waals surface area contributed by atoms with Gasteiger partial charge in [0.15, 0.2) is 5.82 Å². The maximum atomic E-state index is 11.9. The fourth-order valence-corrected chi connectivity index (χ4v) is 3.70. The Bertz CT molecular complexity index is 991. The molecule has 3 aromatic rings. The fraction of sp³-hybridized carbons (Fsp3) is 0.304. The highest BCUT2D eigenvalue weighted by Gasteiger charge is 2.25. The van der Waals surface area contributed by atoms with E-state index in [0.717, 1.165) is 35.6 Å². The molecule has 1 aliphatic heterocycles. The molecule has 0 saturated heterocycles. The maximum Gasteiger partial charge on any atom is 0.219 e. The van der Waals surface area contributed by atoms with Crippen molar-refractivity contribution < 1.29 is 4.79 Å². The molecule has 0 saturated carbocycles. The summed E-state index contributed by atoms with van der Waals surface area (Å²) >= 11 is 0. The molecule has 3 heterocycles. The van der Waals surface area contributed by atoms with Crippen molar-refractivity contribution in [2.75, 3.05) is 11.9 Å². The largest absolute Gasteiger partial charge is 0.363 e. The van der Waals surface area contributed by atoms with E-state index < -0.39 is 0 Å². The van der Waals surface area contributed by atoms with Gasteiger partial charge in [-0.3, -0.25) is 9.78 Å². The van der Waals surface area contributed by atoms with E-state index in [2.05, 4.69) is 41.5 Å². The van der Waals surface area contributed by atoms with Crippen LogP contribution in [0.2, 0.25) is 0 Å². The zero-order chi connectivity index (χ0) is 20.2. The Kier molecular flexibility index (Phi) is 5.51. The van der Waals surface area contributed by atoms with Crippen LogP contribution < -0.4 is 5.32 Å². The number of benzene rings is 1. The maximum absolute atomic E-state index is 11.9. The van der Waals surface area contributed by atoms with Gasteiger partial charge in [0, 0.05) is 25.2 Å². The Morgan fingerprint density at radius 3 is 2.62 bits per heavy atom. The summed E-state index contributed by atoms with van der Waals surface area (Å²) in [5.41, 5.74) is 3.94. The standard InChI is InChI=1S/C23H25N5O/c1-3-19(17-9-5-4-6-10-17)25-22-18-12-14-28(16(2)29)15-21(18)26-23(27-22)20-11-7-8-13-24-20/h4-11,13,19H,3,12,14-15H2,1-2H3,(H,25,26,27)/t19-/m0/s1. The van der Waals surface area contributed by atoms with Crippen molar-refractivity contribution >= 4 is 11.7 Å². The van der Waals surface area contributed by atoms with Crippen LogP contribution in [0.5, 0.6) is 0 Å². The van der Waals surface area contributed by atoms with Gasteiger partial charge < -0.3 is 10.2 Å². The average molecular weight is 387 g/mol. The molecule has 148 valence electrons. The number of hydrogen-bond acceptors (Lipinski definition) is 5. The van der Waals surface area contributed by atoms with Crippen molar-refractivity contribution in [1.29, 1.82) is 0 Å². The Morgan fingerprint density at radius 1 is 1.14 bits per heavy atom. The van der Waals surface area contributed by atoms with E-state index in [1.165, 1.54) is 5.56 Å². The lowest BCUT2D eigenvalue weighted by atomic mass is 10.0. The van der Waals surface area contributed by atoms with E-state index in [4.69, 9.17) is 9.97 Å². The lowest BCUT2D eigenvalue weighted by molar-refractivity contribution is -0.129. The number of rotatable bonds is 5. The molecule has 2 aromatic heterocycles. The van der Waals surface area contributed by atoms with E-state index in [1.54, 1.807) is 13.1 Å². The second-order valence-electron chi connectivity index (χ2n) is 7.24. The van der Waals surface area contributed by atoms with Gasteiger partial charge in [0.2, 0.25) is 5.91 Å². The number of amides is 1. The summed E-state index contributed by atoms with van der Waals surface area (Å²) in [5.74, 6) is 1.49. The molecular weight excluding hydrogens is 362 g/mol. The molecule has 1 aromatic carbocycles. The topological polar surface area (TPSA) is 71.0 Å². The van der Waals surface area contributed by atoms with Gasteiger partial charge in [-0.1, -0.05) is 43.3 Å². The van der Waals surface area contributed by atoms with E-state index >= 15 is 0 Å². The zero-order valence-electron chi connectivity index (χ0n) is 16.8. The summed E-state index contributed by atoms with van der Waals surface area (Å²) in [6.07, 6.45) is 3.41. The lowest BCUT2D eigenvalue weighted by Gasteiger charge is -2.29. The lowest BCUT2D eigenvalue weighted by Crippen LogP contribution is -2.35. The SMILES string of the molecule is CC[C@H](Nc1nc(-c2ccccn2)nc2c1CCN(C(C)=O)C2)c1ccccc1. The Balaban J connectivity index is 1.76. The van der Waals surface area contributed by atoms with Crippen LogP contribution in [0.1, 0.15) is 43.1 Å². The normalized spacial score (nSPS) is 14.2. The van der Waals surface area contributed by atoms with Crippen LogP contribution in [-0.4, -0.2) is 32.3 Å². The van der Waals surface area contributed by atoms with E-state index in [0.29, 0.717) is 18.9 Å². The molecule has 6 nitrogen and oxygen atoms in total. The Morgan fingerprint density at radius 2 is 1.93 bits per heavy atom. The zero-order valence-corrected chi connectivity index (χ0v) is 16.8. The van der Waals surface area contributed by atoms with Crippen LogP contribution in [-0.2, 0) is 17.8 Å². The number of nitrogens with zero attached hydrogens (tertiary/aromatic N) is 4. The summed E-state index contributed by atoms with van der Waals surface area (Å²) in [6, 6.07) is 16.3. The fourth-order valence-electron chi connectivity index (χ4n) is 3.70. The molecule has 1 atom stereocenters. The molecule has 0 fully saturated rings. The summed E-state index contributed by atoms with van der Waals surface area (Å²) in [6.45, 7) is 4.96. The van der Waals surface area contributed by atoms with Crippen molar-refractivity contribution in [2.24, 2.45) is 0 Å². The smallest absolute Gasteiger partial charge is 0.219 e. The van der Waals surface area contributed by atoms with Crippen molar-refractivity contribution in [3.05, 3.63) is 71.5 Å². The van der Waals surface area contributed by atoms with Crippen LogP contribution in [0.15, 0.2) is 54.7 Å². The average Bonchev–Trinajstić information content (AvgIpc) is 2.77. The van der Waals surface area contributed by atoms with Crippen molar-refractivity contribution in [3.63, 3.8) is 0 Å². The summed E-state index contributed by atoms with van der Waals surface area (Å²) < 4.78 is 0. The van der Waals surface area contributed by atoms with Crippen LogP contribution in [0.4, 0.5) is 5.82 Å². The first-order valence-electron chi connectivity index (χ1n) is 10.0. The van der Waals surface area contributed by atoms with Crippen LogP contribution >= 0.6 is 0 Å². The number of carbonyl (C=O) groups excluding carboxylic acids is 1. The molecule has 0 bridgehead atoms. The van der Waals surface area contributed by atoms with Gasteiger partial charge in [-0.15, -0.1) is 0 Å². The number of fused-ring (bicyclic) bond motifs is 1. The molecule has 4 rings (SSSR count). The first kappa shape index (κ1) is 19.1.